The van der Waals surface area contributed by atoms with Crippen LogP contribution in [0.15, 0.2) is 36.4 Å². The Balaban J connectivity index is 0. The standard InChI is InChI=1S/C10H11NO2.C4H8.C2H6/c1-3-4-9-5-6-10(11(12)13)7-8(9)2;1-3-4-2;1-2/h3-7H,1-2H3;3-4H,1-2H3;1-2H3/b2*4-3-;. The first-order valence-electron chi connectivity index (χ1n) is 6.51. The second-order valence-corrected chi connectivity index (χ2v) is 3.46. The summed E-state index contributed by atoms with van der Waals surface area (Å²) < 4.78 is 0. The summed E-state index contributed by atoms with van der Waals surface area (Å²) in [6.07, 6.45) is 7.84. The molecular weight excluding hydrogens is 238 g/mol. The van der Waals surface area contributed by atoms with Gasteiger partial charge in [0.2, 0.25) is 0 Å². The van der Waals surface area contributed by atoms with Crippen molar-refractivity contribution in [3.63, 3.8) is 0 Å². The molecule has 0 amide bonds. The first kappa shape index (κ1) is 19.4. The maximum Gasteiger partial charge on any atom is 0.269 e. The molecule has 3 nitrogen and oxygen atoms in total. The molecule has 0 atom stereocenters. The SMILES string of the molecule is C/C=C\C.C/C=C\c1ccc([N+](=O)[O-])cc1C.CC. The normalized spacial score (nSPS) is 9.58. The van der Waals surface area contributed by atoms with E-state index in [2.05, 4.69) is 0 Å². The van der Waals surface area contributed by atoms with Crippen LogP contribution in [0.4, 0.5) is 5.69 Å². The lowest BCUT2D eigenvalue weighted by Crippen LogP contribution is -1.89. The number of allylic oxidation sites excluding steroid dienone is 3. The second kappa shape index (κ2) is 12.6. The van der Waals surface area contributed by atoms with Crippen LogP contribution >= 0.6 is 0 Å². The summed E-state index contributed by atoms with van der Waals surface area (Å²) in [5.41, 5.74) is 2.09. The van der Waals surface area contributed by atoms with Gasteiger partial charge in [0.05, 0.1) is 4.92 Å². The third-order valence-electron chi connectivity index (χ3n) is 2.14. The Kier molecular flexibility index (Phi) is 12.8. The van der Waals surface area contributed by atoms with Crippen molar-refractivity contribution in [3.05, 3.63) is 57.7 Å². The maximum atomic E-state index is 10.4. The minimum atomic E-state index is -0.382. The van der Waals surface area contributed by atoms with Crippen molar-refractivity contribution < 1.29 is 4.92 Å². The molecule has 0 unspecified atom stereocenters. The van der Waals surface area contributed by atoms with E-state index in [0.717, 1.165) is 11.1 Å². The van der Waals surface area contributed by atoms with Crippen LogP contribution in [0.1, 0.15) is 45.7 Å². The summed E-state index contributed by atoms with van der Waals surface area (Å²) in [7, 11) is 0. The predicted molar refractivity (Wildman–Crippen MR) is 84.4 cm³/mol. The summed E-state index contributed by atoms with van der Waals surface area (Å²) in [5.74, 6) is 0. The number of nitro benzene ring substituents is 1. The third-order valence-corrected chi connectivity index (χ3v) is 2.14. The van der Waals surface area contributed by atoms with Crippen LogP contribution in [0, 0.1) is 17.0 Å². The summed E-state index contributed by atoms with van der Waals surface area (Å²) in [6, 6.07) is 4.85. The molecule has 0 aromatic heterocycles. The van der Waals surface area contributed by atoms with E-state index in [4.69, 9.17) is 0 Å². The second-order valence-electron chi connectivity index (χ2n) is 3.46. The Hall–Kier alpha value is -1.90. The number of aryl methyl sites for hydroxylation is 1. The average molecular weight is 263 g/mol. The van der Waals surface area contributed by atoms with Gasteiger partial charge < -0.3 is 0 Å². The van der Waals surface area contributed by atoms with E-state index >= 15 is 0 Å². The lowest BCUT2D eigenvalue weighted by atomic mass is 10.1. The van der Waals surface area contributed by atoms with Gasteiger partial charge in [0, 0.05) is 12.1 Å². The molecule has 0 bridgehead atoms. The van der Waals surface area contributed by atoms with E-state index in [1.54, 1.807) is 12.1 Å². The van der Waals surface area contributed by atoms with E-state index in [9.17, 15) is 10.1 Å². The molecule has 0 spiro atoms. The smallest absolute Gasteiger partial charge is 0.258 e. The molecule has 0 fully saturated rings. The number of hydrogen-bond donors (Lipinski definition) is 0. The molecule has 0 radical (unpaired) electrons. The monoisotopic (exact) mass is 263 g/mol. The van der Waals surface area contributed by atoms with Gasteiger partial charge in [-0.3, -0.25) is 10.1 Å². The highest BCUT2D eigenvalue weighted by Gasteiger charge is 2.05. The molecule has 0 saturated heterocycles. The van der Waals surface area contributed by atoms with Gasteiger partial charge in [-0.2, -0.15) is 0 Å². The molecule has 3 heteroatoms. The Labute approximate surface area is 116 Å². The van der Waals surface area contributed by atoms with Gasteiger partial charge in [-0.15, -0.1) is 0 Å². The Morgan fingerprint density at radius 2 is 1.58 bits per heavy atom. The topological polar surface area (TPSA) is 43.1 Å². The highest BCUT2D eigenvalue weighted by Crippen LogP contribution is 2.17. The van der Waals surface area contributed by atoms with Crippen LogP contribution in [0.5, 0.6) is 0 Å². The van der Waals surface area contributed by atoms with Crippen molar-refractivity contribution in [1.29, 1.82) is 0 Å². The fraction of sp³-hybridized carbons (Fsp3) is 0.375. The van der Waals surface area contributed by atoms with Crippen molar-refractivity contribution in [1.82, 2.24) is 0 Å². The number of hydrogen-bond acceptors (Lipinski definition) is 2. The van der Waals surface area contributed by atoms with Crippen LogP contribution in [0.25, 0.3) is 6.08 Å². The average Bonchev–Trinajstić information content (AvgIpc) is 2.43. The molecule has 0 saturated carbocycles. The van der Waals surface area contributed by atoms with Crippen molar-refractivity contribution >= 4 is 11.8 Å². The number of nitro groups is 1. The van der Waals surface area contributed by atoms with Crippen LogP contribution in [-0.2, 0) is 0 Å². The first-order chi connectivity index (χ1) is 9.06. The summed E-state index contributed by atoms with van der Waals surface area (Å²) in [6.45, 7) is 11.8. The number of nitrogens with zero attached hydrogens (tertiary/aromatic N) is 1. The number of non-ortho nitro benzene ring substituents is 1. The zero-order valence-corrected chi connectivity index (χ0v) is 12.8. The molecule has 106 valence electrons. The molecule has 0 aliphatic carbocycles. The van der Waals surface area contributed by atoms with Gasteiger partial charge in [0.15, 0.2) is 0 Å². The largest absolute Gasteiger partial charge is 0.269 e. The molecule has 0 aliphatic rings. The molecule has 0 aliphatic heterocycles. The fourth-order valence-electron chi connectivity index (χ4n) is 1.14. The summed E-state index contributed by atoms with van der Waals surface area (Å²) in [5, 5.41) is 10.4. The minimum Gasteiger partial charge on any atom is -0.258 e. The molecule has 19 heavy (non-hydrogen) atoms. The molecule has 0 N–H and O–H groups in total. The Morgan fingerprint density at radius 3 is 1.89 bits per heavy atom. The van der Waals surface area contributed by atoms with E-state index in [1.165, 1.54) is 6.07 Å². The lowest BCUT2D eigenvalue weighted by Gasteiger charge is -1.98. The first-order valence-corrected chi connectivity index (χ1v) is 6.51. The third kappa shape index (κ3) is 8.77. The fourth-order valence-corrected chi connectivity index (χ4v) is 1.14. The van der Waals surface area contributed by atoms with Gasteiger partial charge in [0.25, 0.3) is 5.69 Å². The van der Waals surface area contributed by atoms with Crippen molar-refractivity contribution in [3.8, 4) is 0 Å². The summed E-state index contributed by atoms with van der Waals surface area (Å²) in [4.78, 5) is 10.0. The highest BCUT2D eigenvalue weighted by atomic mass is 16.6. The van der Waals surface area contributed by atoms with Crippen molar-refractivity contribution in [2.45, 2.75) is 41.5 Å². The highest BCUT2D eigenvalue weighted by molar-refractivity contribution is 5.56. The lowest BCUT2D eigenvalue weighted by molar-refractivity contribution is -0.384. The van der Waals surface area contributed by atoms with Crippen LogP contribution in [0.3, 0.4) is 0 Å². The van der Waals surface area contributed by atoms with E-state index in [-0.39, 0.29) is 10.6 Å². The van der Waals surface area contributed by atoms with Gasteiger partial charge in [-0.05, 0) is 44.9 Å². The van der Waals surface area contributed by atoms with E-state index < -0.39 is 0 Å². The van der Waals surface area contributed by atoms with Gasteiger partial charge in [-0.1, -0.05) is 38.2 Å². The van der Waals surface area contributed by atoms with Gasteiger partial charge in [-0.25, -0.2) is 0 Å². The minimum absolute atomic E-state index is 0.144. The zero-order chi connectivity index (χ0) is 15.3. The molecule has 1 rings (SSSR count). The van der Waals surface area contributed by atoms with Crippen LogP contribution < -0.4 is 0 Å². The maximum absolute atomic E-state index is 10.4. The zero-order valence-electron chi connectivity index (χ0n) is 12.8. The number of benzene rings is 1. The Morgan fingerprint density at radius 1 is 1.05 bits per heavy atom. The predicted octanol–water partition coefficient (Wildman–Crippen LogP) is 5.54. The van der Waals surface area contributed by atoms with E-state index in [1.807, 2.05) is 65.8 Å². The van der Waals surface area contributed by atoms with Crippen LogP contribution in [-0.4, -0.2) is 4.92 Å². The van der Waals surface area contributed by atoms with Crippen LogP contribution in [0.2, 0.25) is 0 Å². The van der Waals surface area contributed by atoms with Crippen molar-refractivity contribution in [2.75, 3.05) is 0 Å². The Bertz CT molecular complexity index is 417. The van der Waals surface area contributed by atoms with Crippen molar-refractivity contribution in [2.24, 2.45) is 0 Å². The van der Waals surface area contributed by atoms with Gasteiger partial charge in [0.1, 0.15) is 0 Å². The molecule has 1 aromatic rings. The van der Waals surface area contributed by atoms with Gasteiger partial charge >= 0.3 is 0 Å². The molecule has 0 heterocycles. The molecular formula is C16H25NO2. The van der Waals surface area contributed by atoms with E-state index in [0.29, 0.717) is 0 Å². The quantitative estimate of drug-likeness (QED) is 0.399. The number of rotatable bonds is 2. The summed E-state index contributed by atoms with van der Waals surface area (Å²) >= 11 is 0. The molecule has 1 aromatic carbocycles.